The van der Waals surface area contributed by atoms with Crippen LogP contribution >= 0.6 is 12.2 Å². The number of thiocarbonyl (C=S) groups is 1. The molecule has 0 bridgehead atoms. The largest absolute Gasteiger partial charge is 0.389 e. The van der Waals surface area contributed by atoms with Crippen molar-refractivity contribution in [3.05, 3.63) is 34.9 Å². The van der Waals surface area contributed by atoms with E-state index < -0.39 is 0 Å². The van der Waals surface area contributed by atoms with Gasteiger partial charge in [-0.2, -0.15) is 0 Å². The van der Waals surface area contributed by atoms with Crippen LogP contribution in [0.4, 0.5) is 0 Å². The lowest BCUT2D eigenvalue weighted by atomic mass is 10.0. The van der Waals surface area contributed by atoms with Crippen molar-refractivity contribution in [2.45, 2.75) is 32.7 Å². The van der Waals surface area contributed by atoms with E-state index in [1.54, 1.807) is 0 Å². The fourth-order valence-electron chi connectivity index (χ4n) is 2.17. The molecule has 1 heterocycles. The molecule has 1 aromatic rings. The van der Waals surface area contributed by atoms with Crippen LogP contribution in [0.1, 0.15) is 36.0 Å². The number of rotatable bonds is 3. The zero-order chi connectivity index (χ0) is 14.0. The van der Waals surface area contributed by atoms with E-state index in [1.807, 2.05) is 25.1 Å². The topological polar surface area (TPSA) is 63.4 Å². The molecule has 2 rings (SSSR count). The van der Waals surface area contributed by atoms with Gasteiger partial charge in [0.25, 0.3) is 0 Å². The summed E-state index contributed by atoms with van der Waals surface area (Å²) in [7, 11) is 0. The number of aryl methyl sites for hydroxylation is 1. The lowest BCUT2D eigenvalue weighted by molar-refractivity contribution is -0.148. The number of hydrogen-bond donors (Lipinski definition) is 1. The van der Waals surface area contributed by atoms with Crippen molar-refractivity contribution in [2.75, 3.05) is 0 Å². The van der Waals surface area contributed by atoms with Crippen molar-refractivity contribution >= 4 is 29.0 Å². The van der Waals surface area contributed by atoms with Gasteiger partial charge in [0.05, 0.1) is 6.54 Å². The van der Waals surface area contributed by atoms with Crippen LogP contribution in [0.2, 0.25) is 0 Å². The first-order valence-electron chi connectivity index (χ1n) is 6.21. The van der Waals surface area contributed by atoms with Gasteiger partial charge in [-0.15, -0.1) is 0 Å². The Morgan fingerprint density at radius 1 is 1.32 bits per heavy atom. The number of amides is 2. The molecule has 100 valence electrons. The molecule has 0 aliphatic carbocycles. The highest BCUT2D eigenvalue weighted by Crippen LogP contribution is 2.18. The molecule has 0 saturated carbocycles. The number of hydrogen-bond acceptors (Lipinski definition) is 3. The van der Waals surface area contributed by atoms with Gasteiger partial charge < -0.3 is 5.73 Å². The summed E-state index contributed by atoms with van der Waals surface area (Å²) in [6.45, 7) is 2.26. The summed E-state index contributed by atoms with van der Waals surface area (Å²) in [5.41, 5.74) is 8.30. The zero-order valence-electron chi connectivity index (χ0n) is 10.8. The maximum atomic E-state index is 11.8. The maximum absolute atomic E-state index is 11.8. The number of piperidine rings is 1. The number of nitrogens with zero attached hydrogens (tertiary/aromatic N) is 1. The summed E-state index contributed by atoms with van der Waals surface area (Å²) in [5, 5.41) is 0. The van der Waals surface area contributed by atoms with Gasteiger partial charge in [-0.3, -0.25) is 14.5 Å². The smallest absolute Gasteiger partial charge is 0.229 e. The van der Waals surface area contributed by atoms with Crippen molar-refractivity contribution in [1.82, 2.24) is 4.90 Å². The first-order chi connectivity index (χ1) is 8.99. The third-order valence-electron chi connectivity index (χ3n) is 3.34. The predicted molar refractivity (Wildman–Crippen MR) is 76.5 cm³/mol. The van der Waals surface area contributed by atoms with Crippen molar-refractivity contribution in [1.29, 1.82) is 0 Å². The Kier molecular flexibility index (Phi) is 3.95. The quantitative estimate of drug-likeness (QED) is 0.674. The van der Waals surface area contributed by atoms with E-state index in [4.69, 9.17) is 18.0 Å². The van der Waals surface area contributed by atoms with E-state index in [9.17, 15) is 9.59 Å². The molecule has 1 fully saturated rings. The zero-order valence-corrected chi connectivity index (χ0v) is 11.6. The van der Waals surface area contributed by atoms with Gasteiger partial charge in [-0.1, -0.05) is 24.4 Å². The molecule has 1 aliphatic rings. The van der Waals surface area contributed by atoms with Crippen LogP contribution in [-0.2, 0) is 16.1 Å². The molecule has 0 aromatic heterocycles. The van der Waals surface area contributed by atoms with Crippen molar-refractivity contribution in [3.8, 4) is 0 Å². The molecule has 1 saturated heterocycles. The van der Waals surface area contributed by atoms with Crippen LogP contribution in [0.25, 0.3) is 0 Å². The predicted octanol–water partition coefficient (Wildman–Crippen LogP) is 1.67. The summed E-state index contributed by atoms with van der Waals surface area (Å²) in [4.78, 5) is 25.2. The molecule has 1 aromatic carbocycles. The van der Waals surface area contributed by atoms with Gasteiger partial charge in [-0.25, -0.2) is 0 Å². The number of likely N-dealkylation sites (tertiary alicyclic amines) is 1. The molecule has 2 amide bonds. The van der Waals surface area contributed by atoms with Crippen LogP contribution in [0, 0.1) is 6.92 Å². The normalized spacial score (nSPS) is 15.7. The van der Waals surface area contributed by atoms with Gasteiger partial charge in [0, 0.05) is 18.4 Å². The average Bonchev–Trinajstić information content (AvgIpc) is 2.35. The minimum absolute atomic E-state index is 0.0888. The summed E-state index contributed by atoms with van der Waals surface area (Å²) >= 11 is 4.92. The summed E-state index contributed by atoms with van der Waals surface area (Å²) < 4.78 is 0. The highest BCUT2D eigenvalue weighted by atomic mass is 32.1. The molecule has 0 atom stereocenters. The standard InChI is InChI=1S/C14H16N2O2S/c1-9-7-10(14(15)19)5-6-11(9)8-16-12(17)3-2-4-13(16)18/h5-7H,2-4,8H2,1H3,(H2,15,19). The third kappa shape index (κ3) is 2.98. The Balaban J connectivity index is 2.21. The second-order valence-corrected chi connectivity index (χ2v) is 5.17. The second-order valence-electron chi connectivity index (χ2n) is 4.73. The van der Waals surface area contributed by atoms with Crippen molar-refractivity contribution in [2.24, 2.45) is 5.73 Å². The molecule has 0 unspecified atom stereocenters. The highest BCUT2D eigenvalue weighted by Gasteiger charge is 2.26. The highest BCUT2D eigenvalue weighted by molar-refractivity contribution is 7.80. The minimum Gasteiger partial charge on any atom is -0.389 e. The van der Waals surface area contributed by atoms with Crippen molar-refractivity contribution in [3.63, 3.8) is 0 Å². The second kappa shape index (κ2) is 5.48. The number of nitrogens with two attached hydrogens (primary N) is 1. The van der Waals surface area contributed by atoms with Crippen LogP contribution in [-0.4, -0.2) is 21.7 Å². The van der Waals surface area contributed by atoms with E-state index in [-0.39, 0.29) is 11.8 Å². The number of carbonyl (C=O) groups excluding carboxylic acids is 2. The number of carbonyl (C=O) groups is 2. The maximum Gasteiger partial charge on any atom is 0.229 e. The molecule has 0 spiro atoms. The average molecular weight is 276 g/mol. The third-order valence-corrected chi connectivity index (χ3v) is 3.57. The lowest BCUT2D eigenvalue weighted by Gasteiger charge is -2.25. The Hall–Kier alpha value is -1.75. The van der Waals surface area contributed by atoms with Crippen LogP contribution in [0.3, 0.4) is 0 Å². The monoisotopic (exact) mass is 276 g/mol. The van der Waals surface area contributed by atoms with E-state index in [0.29, 0.717) is 30.8 Å². The summed E-state index contributed by atoms with van der Waals surface area (Å²) in [6, 6.07) is 5.58. The van der Waals surface area contributed by atoms with Gasteiger partial charge in [0.15, 0.2) is 0 Å². The number of imide groups is 1. The van der Waals surface area contributed by atoms with E-state index >= 15 is 0 Å². The fourth-order valence-corrected chi connectivity index (χ4v) is 2.30. The molecule has 2 N–H and O–H groups in total. The van der Waals surface area contributed by atoms with E-state index in [0.717, 1.165) is 16.7 Å². The van der Waals surface area contributed by atoms with Gasteiger partial charge in [-0.05, 0) is 30.5 Å². The molecule has 1 aliphatic heterocycles. The van der Waals surface area contributed by atoms with Crippen LogP contribution < -0.4 is 5.73 Å². The van der Waals surface area contributed by atoms with Crippen molar-refractivity contribution < 1.29 is 9.59 Å². The Labute approximate surface area is 117 Å². The molecule has 4 nitrogen and oxygen atoms in total. The van der Waals surface area contributed by atoms with E-state index in [1.165, 1.54) is 4.90 Å². The molecule has 5 heteroatoms. The van der Waals surface area contributed by atoms with Crippen LogP contribution in [0.15, 0.2) is 18.2 Å². The molecular formula is C14H16N2O2S. The summed E-state index contributed by atoms with van der Waals surface area (Å²) in [6.07, 6.45) is 1.57. The first kappa shape index (κ1) is 13.7. The molecule has 19 heavy (non-hydrogen) atoms. The molecular weight excluding hydrogens is 260 g/mol. The first-order valence-corrected chi connectivity index (χ1v) is 6.62. The van der Waals surface area contributed by atoms with Crippen LogP contribution in [0.5, 0.6) is 0 Å². The number of benzene rings is 1. The van der Waals surface area contributed by atoms with Gasteiger partial charge >= 0.3 is 0 Å². The fraction of sp³-hybridized carbons (Fsp3) is 0.357. The van der Waals surface area contributed by atoms with Gasteiger partial charge in [0.2, 0.25) is 11.8 Å². The Bertz CT molecular complexity index is 538. The Morgan fingerprint density at radius 3 is 2.47 bits per heavy atom. The lowest BCUT2D eigenvalue weighted by Crippen LogP contribution is -2.39. The Morgan fingerprint density at radius 2 is 1.95 bits per heavy atom. The molecule has 0 radical (unpaired) electrons. The van der Waals surface area contributed by atoms with Gasteiger partial charge in [0.1, 0.15) is 4.99 Å². The SMILES string of the molecule is Cc1cc(C(N)=S)ccc1CN1C(=O)CCCC1=O. The van der Waals surface area contributed by atoms with E-state index in [2.05, 4.69) is 0 Å². The summed E-state index contributed by atoms with van der Waals surface area (Å²) in [5.74, 6) is -0.178. The minimum atomic E-state index is -0.0888.